The Labute approximate surface area is 166 Å². The average molecular weight is 393 g/mol. The molecule has 0 aliphatic heterocycles. The molecule has 2 N–H and O–H groups in total. The van der Waals surface area contributed by atoms with E-state index in [2.05, 4.69) is 15.6 Å². The zero-order valence-electron chi connectivity index (χ0n) is 15.3. The minimum atomic E-state index is -0.261. The van der Waals surface area contributed by atoms with E-state index in [1.807, 2.05) is 13.0 Å². The van der Waals surface area contributed by atoms with Gasteiger partial charge in [0.15, 0.2) is 5.78 Å². The van der Waals surface area contributed by atoms with Gasteiger partial charge >= 0.3 is 0 Å². The molecule has 142 valence electrons. The van der Waals surface area contributed by atoms with E-state index in [0.29, 0.717) is 21.8 Å². The summed E-state index contributed by atoms with van der Waals surface area (Å²) in [4.78, 5) is 42.1. The number of aromatic nitrogens is 1. The molecule has 2 heterocycles. The van der Waals surface area contributed by atoms with Crippen molar-refractivity contribution in [2.75, 3.05) is 10.6 Å². The van der Waals surface area contributed by atoms with E-state index in [1.165, 1.54) is 11.3 Å². The molecule has 3 aromatic rings. The van der Waals surface area contributed by atoms with Crippen LogP contribution in [0.2, 0.25) is 0 Å². The molecule has 6 nitrogen and oxygen atoms in total. The lowest BCUT2D eigenvalue weighted by Crippen LogP contribution is -2.14. The van der Waals surface area contributed by atoms with Gasteiger partial charge in [-0.2, -0.15) is 0 Å². The third kappa shape index (κ3) is 5.34. The number of hydrogen-bond acceptors (Lipinski definition) is 5. The van der Waals surface area contributed by atoms with Crippen LogP contribution in [0.3, 0.4) is 0 Å². The van der Waals surface area contributed by atoms with Crippen molar-refractivity contribution < 1.29 is 14.4 Å². The van der Waals surface area contributed by atoms with Crippen LogP contribution >= 0.6 is 11.3 Å². The monoisotopic (exact) mass is 393 g/mol. The number of aryl methyl sites for hydroxylation is 1. The molecule has 0 atom stereocenters. The summed E-state index contributed by atoms with van der Waals surface area (Å²) in [5, 5.41) is 5.53. The van der Waals surface area contributed by atoms with E-state index in [1.54, 1.807) is 54.9 Å². The number of nitrogens with zero attached hydrogens (tertiary/aromatic N) is 1. The van der Waals surface area contributed by atoms with Gasteiger partial charge in [0.25, 0.3) is 5.91 Å². The first-order chi connectivity index (χ1) is 13.5. The summed E-state index contributed by atoms with van der Waals surface area (Å²) in [6.45, 7) is 1.94. The molecule has 0 saturated heterocycles. The van der Waals surface area contributed by atoms with Crippen LogP contribution in [0.25, 0.3) is 0 Å². The quantitative estimate of drug-likeness (QED) is 0.586. The van der Waals surface area contributed by atoms with Crippen molar-refractivity contribution >= 4 is 40.3 Å². The molecule has 0 aliphatic rings. The van der Waals surface area contributed by atoms with E-state index in [0.717, 1.165) is 4.88 Å². The van der Waals surface area contributed by atoms with E-state index in [-0.39, 0.29) is 30.4 Å². The Morgan fingerprint density at radius 1 is 0.929 bits per heavy atom. The molecule has 7 heteroatoms. The molecule has 0 saturated carbocycles. The second-order valence-corrected chi connectivity index (χ2v) is 7.44. The van der Waals surface area contributed by atoms with Crippen LogP contribution in [0.1, 0.15) is 37.7 Å². The highest BCUT2D eigenvalue weighted by Crippen LogP contribution is 2.19. The Kier molecular flexibility index (Phi) is 6.29. The maximum Gasteiger partial charge on any atom is 0.255 e. The van der Waals surface area contributed by atoms with Crippen molar-refractivity contribution in [2.24, 2.45) is 0 Å². The highest BCUT2D eigenvalue weighted by atomic mass is 32.1. The molecule has 1 aromatic carbocycles. The Bertz CT molecular complexity index is 999. The number of thiophene rings is 1. The zero-order valence-corrected chi connectivity index (χ0v) is 16.1. The van der Waals surface area contributed by atoms with Crippen LogP contribution in [0.4, 0.5) is 11.4 Å². The maximum atomic E-state index is 12.2. The average Bonchev–Trinajstić information content (AvgIpc) is 3.13. The number of nitrogens with one attached hydrogen (secondary N) is 2. The lowest BCUT2D eigenvalue weighted by molar-refractivity contribution is -0.116. The van der Waals surface area contributed by atoms with Crippen LogP contribution in [0, 0.1) is 6.92 Å². The summed E-state index contributed by atoms with van der Waals surface area (Å²) in [6.07, 6.45) is 3.35. The topological polar surface area (TPSA) is 88.2 Å². The fourth-order valence-corrected chi connectivity index (χ4v) is 3.37. The summed E-state index contributed by atoms with van der Waals surface area (Å²) in [6, 6.07) is 13.8. The first-order valence-electron chi connectivity index (χ1n) is 8.72. The molecule has 0 aliphatic carbocycles. The predicted octanol–water partition coefficient (Wildman–Crippen LogP) is 4.31. The van der Waals surface area contributed by atoms with Gasteiger partial charge in [-0.3, -0.25) is 19.4 Å². The number of ketones is 1. The molecule has 2 amide bonds. The van der Waals surface area contributed by atoms with Gasteiger partial charge in [0.05, 0.1) is 4.88 Å². The van der Waals surface area contributed by atoms with Crippen molar-refractivity contribution in [1.82, 2.24) is 4.98 Å². The van der Waals surface area contributed by atoms with Gasteiger partial charge in [-0.25, -0.2) is 0 Å². The second kappa shape index (κ2) is 9.05. The fourth-order valence-electron chi connectivity index (χ4n) is 2.54. The van der Waals surface area contributed by atoms with Crippen molar-refractivity contribution in [3.05, 3.63) is 76.2 Å². The number of hydrogen-bond donors (Lipinski definition) is 2. The van der Waals surface area contributed by atoms with Gasteiger partial charge in [-0.15, -0.1) is 11.3 Å². The molecule has 0 spiro atoms. The lowest BCUT2D eigenvalue weighted by Gasteiger charge is -2.09. The van der Waals surface area contributed by atoms with Crippen LogP contribution in [-0.2, 0) is 4.79 Å². The van der Waals surface area contributed by atoms with Crippen LogP contribution in [0.15, 0.2) is 60.9 Å². The normalized spacial score (nSPS) is 10.3. The molecular formula is C21H19N3O3S. The molecule has 2 aromatic heterocycles. The third-order valence-electron chi connectivity index (χ3n) is 3.94. The number of rotatable bonds is 7. The highest BCUT2D eigenvalue weighted by molar-refractivity contribution is 7.14. The van der Waals surface area contributed by atoms with Gasteiger partial charge in [-0.1, -0.05) is 6.07 Å². The maximum absolute atomic E-state index is 12.2. The second-order valence-electron chi connectivity index (χ2n) is 6.15. The Balaban J connectivity index is 1.54. The Hall–Kier alpha value is -3.32. The number of carbonyl (C=O) groups is 3. The zero-order chi connectivity index (χ0) is 19.9. The molecular weight excluding hydrogens is 374 g/mol. The summed E-state index contributed by atoms with van der Waals surface area (Å²) >= 11 is 1.43. The SMILES string of the molecule is Cc1ccc(C(=O)CCC(=O)Nc2cccc(NC(=O)c3ccncc3)c2)s1. The lowest BCUT2D eigenvalue weighted by atomic mass is 10.2. The molecule has 0 bridgehead atoms. The molecule has 0 unspecified atom stereocenters. The third-order valence-corrected chi connectivity index (χ3v) is 4.98. The number of amides is 2. The number of anilines is 2. The standard InChI is InChI=1S/C21H19N3O3S/c1-14-5-7-19(28-14)18(25)6-8-20(26)23-16-3-2-4-17(13-16)24-21(27)15-9-11-22-12-10-15/h2-5,7,9-13H,6,8H2,1H3,(H,23,26)(H,24,27). The van der Waals surface area contributed by atoms with Gasteiger partial charge in [0.1, 0.15) is 0 Å². The molecule has 28 heavy (non-hydrogen) atoms. The highest BCUT2D eigenvalue weighted by Gasteiger charge is 2.12. The Morgan fingerprint density at radius 2 is 1.64 bits per heavy atom. The first-order valence-corrected chi connectivity index (χ1v) is 9.54. The van der Waals surface area contributed by atoms with E-state index in [4.69, 9.17) is 0 Å². The Morgan fingerprint density at radius 3 is 2.32 bits per heavy atom. The number of Topliss-reactive ketones (excluding diaryl/α,β-unsaturated/α-hetero) is 1. The first kappa shape index (κ1) is 19.4. The molecule has 0 radical (unpaired) electrons. The van der Waals surface area contributed by atoms with Crippen molar-refractivity contribution in [2.45, 2.75) is 19.8 Å². The molecule has 3 rings (SSSR count). The van der Waals surface area contributed by atoms with Gasteiger partial charge in [-0.05, 0) is 49.4 Å². The smallest absolute Gasteiger partial charge is 0.255 e. The van der Waals surface area contributed by atoms with Crippen molar-refractivity contribution in [3.8, 4) is 0 Å². The molecule has 0 fully saturated rings. The van der Waals surface area contributed by atoms with Crippen LogP contribution < -0.4 is 10.6 Å². The van der Waals surface area contributed by atoms with E-state index in [9.17, 15) is 14.4 Å². The minimum Gasteiger partial charge on any atom is -0.326 e. The fraction of sp³-hybridized carbons (Fsp3) is 0.143. The summed E-state index contributed by atoms with van der Waals surface area (Å²) in [7, 11) is 0. The van der Waals surface area contributed by atoms with Gasteiger partial charge in [0, 0.05) is 47.1 Å². The minimum absolute atomic E-state index is 0.0355. The summed E-state index contributed by atoms with van der Waals surface area (Å²) < 4.78 is 0. The largest absolute Gasteiger partial charge is 0.326 e. The van der Waals surface area contributed by atoms with Crippen molar-refractivity contribution in [3.63, 3.8) is 0 Å². The predicted molar refractivity (Wildman–Crippen MR) is 110 cm³/mol. The number of benzene rings is 1. The van der Waals surface area contributed by atoms with Gasteiger partial charge < -0.3 is 10.6 Å². The number of pyridine rings is 1. The summed E-state index contributed by atoms with van der Waals surface area (Å²) in [5.41, 5.74) is 1.61. The van der Waals surface area contributed by atoms with Crippen molar-refractivity contribution in [1.29, 1.82) is 0 Å². The van der Waals surface area contributed by atoms with Gasteiger partial charge in [0.2, 0.25) is 5.91 Å². The van der Waals surface area contributed by atoms with E-state index < -0.39 is 0 Å². The van der Waals surface area contributed by atoms with Crippen LogP contribution in [-0.4, -0.2) is 22.6 Å². The summed E-state index contributed by atoms with van der Waals surface area (Å²) in [5.74, 6) is -0.548. The van der Waals surface area contributed by atoms with Crippen LogP contribution in [0.5, 0.6) is 0 Å². The number of carbonyl (C=O) groups excluding carboxylic acids is 3. The van der Waals surface area contributed by atoms with E-state index >= 15 is 0 Å².